The van der Waals surface area contributed by atoms with Crippen LogP contribution in [-0.4, -0.2) is 48.4 Å². The number of benzene rings is 1. The van der Waals surface area contributed by atoms with Gasteiger partial charge < -0.3 is 9.80 Å². The van der Waals surface area contributed by atoms with Crippen molar-refractivity contribution in [1.82, 2.24) is 9.80 Å². The molecule has 0 unspecified atom stereocenters. The number of rotatable bonds is 3. The van der Waals surface area contributed by atoms with Gasteiger partial charge in [-0.15, -0.1) is 0 Å². The molecule has 1 amide bonds. The van der Waals surface area contributed by atoms with E-state index < -0.39 is 0 Å². The molecule has 0 bridgehead atoms. The van der Waals surface area contributed by atoms with Gasteiger partial charge in [-0.1, -0.05) is 19.1 Å². The van der Waals surface area contributed by atoms with Crippen molar-refractivity contribution in [2.24, 2.45) is 0 Å². The molecule has 4 heteroatoms. The van der Waals surface area contributed by atoms with Gasteiger partial charge in [0, 0.05) is 32.3 Å². The maximum atomic E-state index is 13.0. The van der Waals surface area contributed by atoms with Crippen LogP contribution in [0.2, 0.25) is 0 Å². The molecule has 1 heterocycles. The quantitative estimate of drug-likeness (QED) is 0.778. The predicted octanol–water partition coefficient (Wildman–Crippen LogP) is 2.00. The summed E-state index contributed by atoms with van der Waals surface area (Å²) in [5.41, 5.74) is 0.709. The molecule has 102 valence electrons. The maximum Gasteiger partial charge on any atom is 0.246 e. The predicted molar refractivity (Wildman–Crippen MR) is 74.1 cm³/mol. The molecule has 0 saturated carbocycles. The molecule has 0 aliphatic carbocycles. The Morgan fingerprint density at radius 3 is 2.68 bits per heavy atom. The van der Waals surface area contributed by atoms with Crippen molar-refractivity contribution in [1.29, 1.82) is 0 Å². The van der Waals surface area contributed by atoms with Crippen LogP contribution < -0.4 is 0 Å². The number of amides is 1. The van der Waals surface area contributed by atoms with Gasteiger partial charge in [0.25, 0.3) is 0 Å². The van der Waals surface area contributed by atoms with E-state index in [4.69, 9.17) is 0 Å². The summed E-state index contributed by atoms with van der Waals surface area (Å²) in [6.45, 7) is 6.54. The van der Waals surface area contributed by atoms with Crippen LogP contribution in [-0.2, 0) is 4.79 Å². The van der Waals surface area contributed by atoms with E-state index >= 15 is 0 Å². The molecule has 3 nitrogen and oxygen atoms in total. The van der Waals surface area contributed by atoms with Gasteiger partial charge in [0.15, 0.2) is 0 Å². The number of piperazine rings is 1. The summed E-state index contributed by atoms with van der Waals surface area (Å²) in [5.74, 6) is -0.286. The van der Waals surface area contributed by atoms with Gasteiger partial charge in [-0.2, -0.15) is 0 Å². The molecule has 1 fully saturated rings. The summed E-state index contributed by atoms with van der Waals surface area (Å²) in [7, 11) is 0. The molecule has 1 aliphatic rings. The van der Waals surface area contributed by atoms with Gasteiger partial charge >= 0.3 is 0 Å². The fourth-order valence-corrected chi connectivity index (χ4v) is 2.17. The van der Waals surface area contributed by atoms with Gasteiger partial charge in [0.2, 0.25) is 5.91 Å². The zero-order valence-electron chi connectivity index (χ0n) is 11.2. The molecule has 1 aliphatic heterocycles. The lowest BCUT2D eigenvalue weighted by Crippen LogP contribution is -2.48. The van der Waals surface area contributed by atoms with Crippen LogP contribution in [0.3, 0.4) is 0 Å². The number of likely N-dealkylation sites (N-methyl/N-ethyl adjacent to an activating group) is 1. The molecular formula is C15H19FN2O. The molecule has 1 aromatic carbocycles. The van der Waals surface area contributed by atoms with E-state index in [1.807, 2.05) is 4.90 Å². The summed E-state index contributed by atoms with van der Waals surface area (Å²) in [6.07, 6.45) is 3.19. The zero-order chi connectivity index (χ0) is 13.7. The van der Waals surface area contributed by atoms with Crippen molar-refractivity contribution >= 4 is 12.0 Å². The van der Waals surface area contributed by atoms with Gasteiger partial charge in [0.1, 0.15) is 5.82 Å². The number of carbonyl (C=O) groups is 1. The van der Waals surface area contributed by atoms with Crippen molar-refractivity contribution in [3.63, 3.8) is 0 Å². The summed E-state index contributed by atoms with van der Waals surface area (Å²) in [5, 5.41) is 0. The third-order valence-corrected chi connectivity index (χ3v) is 3.40. The van der Waals surface area contributed by atoms with Crippen LogP contribution in [0.15, 0.2) is 30.3 Å². The first-order chi connectivity index (χ1) is 9.19. The van der Waals surface area contributed by atoms with Crippen LogP contribution in [0.5, 0.6) is 0 Å². The second-order valence-corrected chi connectivity index (χ2v) is 4.65. The maximum absolute atomic E-state index is 13.0. The lowest BCUT2D eigenvalue weighted by Gasteiger charge is -2.33. The van der Waals surface area contributed by atoms with Crippen molar-refractivity contribution in [2.75, 3.05) is 32.7 Å². The monoisotopic (exact) mass is 262 g/mol. The molecule has 1 saturated heterocycles. The van der Waals surface area contributed by atoms with Crippen molar-refractivity contribution in [2.45, 2.75) is 6.92 Å². The van der Waals surface area contributed by atoms with Crippen molar-refractivity contribution in [3.05, 3.63) is 41.7 Å². The van der Waals surface area contributed by atoms with Crippen LogP contribution in [0.4, 0.5) is 4.39 Å². The Kier molecular flexibility index (Phi) is 4.68. The molecular weight excluding hydrogens is 243 g/mol. The molecule has 0 N–H and O–H groups in total. The fourth-order valence-electron chi connectivity index (χ4n) is 2.17. The van der Waals surface area contributed by atoms with E-state index in [-0.39, 0.29) is 11.7 Å². The Hall–Kier alpha value is -1.68. The first kappa shape index (κ1) is 13.7. The van der Waals surface area contributed by atoms with E-state index in [9.17, 15) is 9.18 Å². The average molecular weight is 262 g/mol. The minimum Gasteiger partial charge on any atom is -0.337 e. The van der Waals surface area contributed by atoms with E-state index in [0.717, 1.165) is 32.7 Å². The average Bonchev–Trinajstić information content (AvgIpc) is 2.45. The highest BCUT2D eigenvalue weighted by Gasteiger charge is 2.17. The van der Waals surface area contributed by atoms with Crippen molar-refractivity contribution in [3.8, 4) is 0 Å². The third kappa shape index (κ3) is 3.89. The zero-order valence-corrected chi connectivity index (χ0v) is 11.2. The highest BCUT2D eigenvalue weighted by Crippen LogP contribution is 2.07. The normalized spacial score (nSPS) is 17.1. The van der Waals surface area contributed by atoms with E-state index in [1.54, 1.807) is 18.2 Å². The van der Waals surface area contributed by atoms with Gasteiger partial charge in [-0.3, -0.25) is 4.79 Å². The minimum absolute atomic E-state index is 0.0000132. The fraction of sp³-hybridized carbons (Fsp3) is 0.400. The standard InChI is InChI=1S/C15H19FN2O/c1-2-17-8-10-18(11-9-17)15(19)7-6-13-4-3-5-14(16)12-13/h3-7,12H,2,8-11H2,1H3. The molecule has 0 radical (unpaired) electrons. The minimum atomic E-state index is -0.286. The Morgan fingerprint density at radius 2 is 2.05 bits per heavy atom. The number of hydrogen-bond donors (Lipinski definition) is 0. The first-order valence-electron chi connectivity index (χ1n) is 6.64. The van der Waals surface area contributed by atoms with E-state index in [2.05, 4.69) is 11.8 Å². The molecule has 2 rings (SSSR count). The lowest BCUT2D eigenvalue weighted by atomic mass is 10.2. The molecule has 19 heavy (non-hydrogen) atoms. The highest BCUT2D eigenvalue weighted by molar-refractivity contribution is 5.91. The SMILES string of the molecule is CCN1CCN(C(=O)C=Cc2cccc(F)c2)CC1. The summed E-state index contributed by atoms with van der Waals surface area (Å²) in [4.78, 5) is 16.1. The number of carbonyl (C=O) groups excluding carboxylic acids is 1. The van der Waals surface area contributed by atoms with Crippen LogP contribution in [0.25, 0.3) is 6.08 Å². The Labute approximate surface area is 113 Å². The summed E-state index contributed by atoms with van der Waals surface area (Å²) in [6, 6.07) is 6.23. The number of halogens is 1. The van der Waals surface area contributed by atoms with Crippen LogP contribution in [0, 0.1) is 5.82 Å². The highest BCUT2D eigenvalue weighted by atomic mass is 19.1. The first-order valence-corrected chi connectivity index (χ1v) is 6.64. The second-order valence-electron chi connectivity index (χ2n) is 4.65. The smallest absolute Gasteiger partial charge is 0.246 e. The molecule has 0 spiro atoms. The number of nitrogens with zero attached hydrogens (tertiary/aromatic N) is 2. The van der Waals surface area contributed by atoms with Crippen LogP contribution >= 0.6 is 0 Å². The molecule has 0 aromatic heterocycles. The molecule has 0 atom stereocenters. The largest absolute Gasteiger partial charge is 0.337 e. The Balaban J connectivity index is 1.91. The Morgan fingerprint density at radius 1 is 1.32 bits per heavy atom. The summed E-state index contributed by atoms with van der Waals surface area (Å²) < 4.78 is 13.0. The van der Waals surface area contributed by atoms with Crippen LogP contribution in [0.1, 0.15) is 12.5 Å². The topological polar surface area (TPSA) is 23.6 Å². The van der Waals surface area contributed by atoms with Gasteiger partial charge in [-0.05, 0) is 30.3 Å². The van der Waals surface area contributed by atoms with Gasteiger partial charge in [0.05, 0.1) is 0 Å². The number of hydrogen-bond acceptors (Lipinski definition) is 2. The van der Waals surface area contributed by atoms with E-state index in [0.29, 0.717) is 5.56 Å². The lowest BCUT2D eigenvalue weighted by molar-refractivity contribution is -0.127. The van der Waals surface area contributed by atoms with Gasteiger partial charge in [-0.25, -0.2) is 4.39 Å². The summed E-state index contributed by atoms with van der Waals surface area (Å²) >= 11 is 0. The Bertz CT molecular complexity index is 465. The molecule has 1 aromatic rings. The third-order valence-electron chi connectivity index (χ3n) is 3.40. The second kappa shape index (κ2) is 6.48. The van der Waals surface area contributed by atoms with E-state index in [1.165, 1.54) is 18.2 Å². The van der Waals surface area contributed by atoms with Crippen molar-refractivity contribution < 1.29 is 9.18 Å².